The Labute approximate surface area is 165 Å². The van der Waals surface area contributed by atoms with Gasteiger partial charge in [-0.15, -0.1) is 0 Å². The smallest absolute Gasteiger partial charge is 0.374 e. The van der Waals surface area contributed by atoms with E-state index in [1.165, 1.54) is 0 Å². The molecule has 0 spiro atoms. The van der Waals surface area contributed by atoms with Crippen LogP contribution in [0.1, 0.15) is 22.0 Å². The van der Waals surface area contributed by atoms with Crippen molar-refractivity contribution in [2.24, 2.45) is 0 Å². The first-order valence-electron chi connectivity index (χ1n) is 9.05. The zero-order chi connectivity index (χ0) is 19.8. The van der Waals surface area contributed by atoms with Gasteiger partial charge in [-0.2, -0.15) is 5.10 Å². The third-order valence-electron chi connectivity index (χ3n) is 4.61. The molecule has 0 fully saturated rings. The number of benzene rings is 1. The number of imidazole rings is 1. The zero-order valence-corrected chi connectivity index (χ0v) is 15.5. The summed E-state index contributed by atoms with van der Waals surface area (Å²) >= 11 is 0. The first-order valence-corrected chi connectivity index (χ1v) is 9.05. The SMILES string of the molecule is Cc1cccc(COC(=O)c2nc3cc4c(-c5ccncc5)n[nH]c4cc3[nH]2)n1. The maximum Gasteiger partial charge on any atom is 0.374 e. The summed E-state index contributed by atoms with van der Waals surface area (Å²) in [7, 11) is 0. The molecule has 0 atom stereocenters. The molecule has 0 saturated carbocycles. The highest BCUT2D eigenvalue weighted by Crippen LogP contribution is 2.28. The van der Waals surface area contributed by atoms with Gasteiger partial charge in [0.2, 0.25) is 5.82 Å². The topological polar surface area (TPSA) is 109 Å². The molecule has 8 nitrogen and oxygen atoms in total. The van der Waals surface area contributed by atoms with Gasteiger partial charge in [0.25, 0.3) is 0 Å². The fraction of sp³-hybridized carbons (Fsp3) is 0.0952. The number of ether oxygens (including phenoxy) is 1. The number of nitrogens with one attached hydrogen (secondary N) is 2. The van der Waals surface area contributed by atoms with Gasteiger partial charge < -0.3 is 9.72 Å². The molecule has 0 radical (unpaired) electrons. The summed E-state index contributed by atoms with van der Waals surface area (Å²) in [4.78, 5) is 28.2. The highest BCUT2D eigenvalue weighted by Gasteiger charge is 2.16. The third kappa shape index (κ3) is 3.20. The summed E-state index contributed by atoms with van der Waals surface area (Å²) in [5.74, 6) is -0.376. The normalized spacial score (nSPS) is 11.2. The van der Waals surface area contributed by atoms with E-state index >= 15 is 0 Å². The van der Waals surface area contributed by atoms with Crippen LogP contribution in [0.2, 0.25) is 0 Å². The van der Waals surface area contributed by atoms with Gasteiger partial charge >= 0.3 is 5.97 Å². The van der Waals surface area contributed by atoms with Crippen LogP contribution in [-0.4, -0.2) is 36.1 Å². The molecule has 4 aromatic heterocycles. The van der Waals surface area contributed by atoms with Crippen LogP contribution in [0.25, 0.3) is 33.2 Å². The van der Waals surface area contributed by atoms with Crippen molar-refractivity contribution in [2.75, 3.05) is 0 Å². The van der Waals surface area contributed by atoms with E-state index in [1.807, 2.05) is 49.4 Å². The molecular formula is C21H16N6O2. The summed E-state index contributed by atoms with van der Waals surface area (Å²) in [6.07, 6.45) is 3.44. The molecule has 0 bridgehead atoms. The second kappa shape index (κ2) is 6.83. The summed E-state index contributed by atoms with van der Waals surface area (Å²) in [5.41, 5.74) is 5.55. The number of hydrogen-bond acceptors (Lipinski definition) is 6. The first-order chi connectivity index (χ1) is 14.2. The zero-order valence-electron chi connectivity index (χ0n) is 15.5. The minimum absolute atomic E-state index is 0.0917. The minimum atomic E-state index is -0.527. The number of fused-ring (bicyclic) bond motifs is 2. The van der Waals surface area contributed by atoms with Crippen molar-refractivity contribution in [1.29, 1.82) is 0 Å². The molecule has 0 aliphatic carbocycles. The van der Waals surface area contributed by atoms with Crippen molar-refractivity contribution in [2.45, 2.75) is 13.5 Å². The van der Waals surface area contributed by atoms with Gasteiger partial charge in [-0.3, -0.25) is 15.1 Å². The Kier molecular flexibility index (Phi) is 4.02. The van der Waals surface area contributed by atoms with Crippen molar-refractivity contribution in [3.8, 4) is 11.3 Å². The van der Waals surface area contributed by atoms with Crippen LogP contribution in [0.15, 0.2) is 54.9 Å². The average Bonchev–Trinajstić information content (AvgIpc) is 3.34. The second-order valence-electron chi connectivity index (χ2n) is 6.65. The van der Waals surface area contributed by atoms with Crippen LogP contribution in [0.4, 0.5) is 0 Å². The van der Waals surface area contributed by atoms with Gasteiger partial charge in [0, 0.05) is 29.0 Å². The summed E-state index contributed by atoms with van der Waals surface area (Å²) in [5, 5.41) is 8.35. The lowest BCUT2D eigenvalue weighted by atomic mass is 10.1. The molecule has 29 heavy (non-hydrogen) atoms. The first kappa shape index (κ1) is 17.1. The van der Waals surface area contributed by atoms with E-state index in [1.54, 1.807) is 12.4 Å². The quantitative estimate of drug-likeness (QED) is 0.459. The van der Waals surface area contributed by atoms with Crippen LogP contribution >= 0.6 is 0 Å². The van der Waals surface area contributed by atoms with E-state index in [4.69, 9.17) is 4.74 Å². The van der Waals surface area contributed by atoms with Crippen LogP contribution in [0, 0.1) is 6.92 Å². The second-order valence-corrected chi connectivity index (χ2v) is 6.65. The van der Waals surface area contributed by atoms with Gasteiger partial charge in [-0.25, -0.2) is 9.78 Å². The van der Waals surface area contributed by atoms with Gasteiger partial charge in [-0.1, -0.05) is 6.07 Å². The molecular weight excluding hydrogens is 368 g/mol. The number of pyridine rings is 2. The van der Waals surface area contributed by atoms with Crippen molar-refractivity contribution < 1.29 is 9.53 Å². The highest BCUT2D eigenvalue weighted by molar-refractivity contribution is 6.01. The third-order valence-corrected chi connectivity index (χ3v) is 4.61. The molecule has 5 aromatic rings. The van der Waals surface area contributed by atoms with E-state index in [2.05, 4.69) is 30.1 Å². The maximum absolute atomic E-state index is 12.4. The largest absolute Gasteiger partial charge is 0.453 e. The highest BCUT2D eigenvalue weighted by atomic mass is 16.5. The standard InChI is InChI=1S/C21H16N6O2/c1-12-3-2-4-14(23-12)11-29-21(28)20-24-17-9-15-16(10-18(17)25-20)26-27-19(15)13-5-7-22-8-6-13/h2-10H,11H2,1H3,(H,24,25)(H,26,27). The molecule has 0 aliphatic rings. The lowest BCUT2D eigenvalue weighted by Gasteiger charge is -2.02. The number of rotatable bonds is 4. The van der Waals surface area contributed by atoms with Crippen molar-refractivity contribution in [3.63, 3.8) is 0 Å². The minimum Gasteiger partial charge on any atom is -0.453 e. The van der Waals surface area contributed by atoms with E-state index in [0.717, 1.165) is 33.4 Å². The Morgan fingerprint density at radius 3 is 2.76 bits per heavy atom. The molecule has 5 rings (SSSR count). The number of nitrogens with zero attached hydrogens (tertiary/aromatic N) is 4. The van der Waals surface area contributed by atoms with E-state index in [0.29, 0.717) is 11.2 Å². The molecule has 4 heterocycles. The Balaban J connectivity index is 1.44. The van der Waals surface area contributed by atoms with Crippen molar-refractivity contribution in [1.82, 2.24) is 30.1 Å². The predicted octanol–water partition coefficient (Wildman–Crippen LogP) is 3.56. The number of esters is 1. The molecule has 142 valence electrons. The Bertz CT molecular complexity index is 1340. The Morgan fingerprint density at radius 1 is 1.07 bits per heavy atom. The van der Waals surface area contributed by atoms with E-state index in [-0.39, 0.29) is 12.4 Å². The monoisotopic (exact) mass is 384 g/mol. The van der Waals surface area contributed by atoms with E-state index < -0.39 is 5.97 Å². The molecule has 8 heteroatoms. The number of carbonyl (C=O) groups excluding carboxylic acids is 1. The molecule has 1 aromatic carbocycles. The Morgan fingerprint density at radius 2 is 1.93 bits per heavy atom. The van der Waals surface area contributed by atoms with Crippen LogP contribution in [-0.2, 0) is 11.3 Å². The fourth-order valence-electron chi connectivity index (χ4n) is 3.24. The van der Waals surface area contributed by atoms with Crippen molar-refractivity contribution >= 4 is 27.9 Å². The molecule has 2 N–H and O–H groups in total. The van der Waals surface area contributed by atoms with E-state index in [9.17, 15) is 4.79 Å². The number of aromatic nitrogens is 6. The molecule has 0 saturated heterocycles. The van der Waals surface area contributed by atoms with Gasteiger partial charge in [-0.05, 0) is 43.3 Å². The van der Waals surface area contributed by atoms with Crippen LogP contribution < -0.4 is 0 Å². The number of hydrogen-bond donors (Lipinski definition) is 2. The fourth-order valence-corrected chi connectivity index (χ4v) is 3.24. The van der Waals surface area contributed by atoms with Gasteiger partial charge in [0.15, 0.2) is 0 Å². The average molecular weight is 384 g/mol. The molecule has 0 amide bonds. The van der Waals surface area contributed by atoms with Crippen LogP contribution in [0.5, 0.6) is 0 Å². The summed E-state index contributed by atoms with van der Waals surface area (Å²) < 4.78 is 5.35. The Hall–Kier alpha value is -4.07. The molecule has 0 unspecified atom stereocenters. The van der Waals surface area contributed by atoms with Crippen molar-refractivity contribution in [3.05, 3.63) is 72.1 Å². The number of aryl methyl sites for hydroxylation is 1. The number of H-pyrrole nitrogens is 2. The lowest BCUT2D eigenvalue weighted by molar-refractivity contribution is 0.0455. The number of aromatic amines is 2. The predicted molar refractivity (Wildman–Crippen MR) is 107 cm³/mol. The summed E-state index contributed by atoms with van der Waals surface area (Å²) in [6.45, 7) is 1.98. The summed E-state index contributed by atoms with van der Waals surface area (Å²) in [6, 6.07) is 13.2. The lowest BCUT2D eigenvalue weighted by Crippen LogP contribution is -2.08. The van der Waals surface area contributed by atoms with Gasteiger partial charge in [0.05, 0.1) is 22.2 Å². The van der Waals surface area contributed by atoms with Gasteiger partial charge in [0.1, 0.15) is 12.3 Å². The molecule has 0 aliphatic heterocycles. The van der Waals surface area contributed by atoms with Crippen LogP contribution in [0.3, 0.4) is 0 Å². The number of carbonyl (C=O) groups is 1. The maximum atomic E-state index is 12.4.